The summed E-state index contributed by atoms with van der Waals surface area (Å²) in [7, 11) is 0. The maximum atomic E-state index is 13.7. The van der Waals surface area contributed by atoms with Crippen molar-refractivity contribution in [3.63, 3.8) is 0 Å². The minimum Gasteiger partial charge on any atom is -0.481 e. The standard InChI is InChI=1S/C12H11F4NO3/c1-6-2-3-7(8(13)4-6)9(5-10(18)19)17-11(20)12(14,15)16/h2-4,9H,5H2,1H3,(H,17,20)(H,18,19)/t9-/m1/s1. The Hall–Kier alpha value is -2.12. The van der Waals surface area contributed by atoms with E-state index in [-0.39, 0.29) is 5.56 Å². The van der Waals surface area contributed by atoms with Crippen LogP contribution in [0.5, 0.6) is 0 Å². The molecular weight excluding hydrogens is 282 g/mol. The number of carboxylic acid groups (broad SMARTS) is 1. The molecule has 0 spiro atoms. The lowest BCUT2D eigenvalue weighted by Gasteiger charge is -2.19. The number of carbonyl (C=O) groups is 2. The van der Waals surface area contributed by atoms with Crippen molar-refractivity contribution < 1.29 is 32.3 Å². The summed E-state index contributed by atoms with van der Waals surface area (Å²) >= 11 is 0. The average Bonchev–Trinajstić information content (AvgIpc) is 2.26. The first-order chi connectivity index (χ1) is 9.11. The molecule has 0 aromatic heterocycles. The van der Waals surface area contributed by atoms with Crippen LogP contribution in [-0.2, 0) is 9.59 Å². The number of halogens is 4. The normalized spacial score (nSPS) is 12.8. The third-order valence-corrected chi connectivity index (χ3v) is 2.47. The number of aryl methyl sites for hydroxylation is 1. The second-order valence-electron chi connectivity index (χ2n) is 4.15. The molecule has 0 radical (unpaired) electrons. The van der Waals surface area contributed by atoms with Crippen molar-refractivity contribution in [2.75, 3.05) is 0 Å². The van der Waals surface area contributed by atoms with Crippen LogP contribution in [0.15, 0.2) is 18.2 Å². The van der Waals surface area contributed by atoms with Crippen LogP contribution in [0.25, 0.3) is 0 Å². The Kier molecular flexibility index (Phi) is 4.69. The van der Waals surface area contributed by atoms with Crippen molar-refractivity contribution in [3.8, 4) is 0 Å². The Balaban J connectivity index is 3.06. The number of alkyl halides is 3. The Labute approximate surface area is 111 Å². The molecule has 0 aliphatic carbocycles. The van der Waals surface area contributed by atoms with Crippen molar-refractivity contribution in [2.45, 2.75) is 25.6 Å². The van der Waals surface area contributed by atoms with Gasteiger partial charge in [-0.1, -0.05) is 12.1 Å². The number of rotatable bonds is 4. The molecule has 0 aliphatic heterocycles. The second-order valence-corrected chi connectivity index (χ2v) is 4.15. The smallest absolute Gasteiger partial charge is 0.471 e. The van der Waals surface area contributed by atoms with Gasteiger partial charge in [-0.15, -0.1) is 0 Å². The molecular formula is C12H11F4NO3. The van der Waals surface area contributed by atoms with E-state index >= 15 is 0 Å². The van der Waals surface area contributed by atoms with E-state index in [0.717, 1.165) is 12.1 Å². The zero-order valence-electron chi connectivity index (χ0n) is 10.3. The zero-order chi connectivity index (χ0) is 15.5. The highest BCUT2D eigenvalue weighted by atomic mass is 19.4. The number of hydrogen-bond acceptors (Lipinski definition) is 2. The largest absolute Gasteiger partial charge is 0.481 e. The van der Waals surface area contributed by atoms with E-state index < -0.39 is 36.3 Å². The third kappa shape index (κ3) is 4.22. The summed E-state index contributed by atoms with van der Waals surface area (Å²) in [4.78, 5) is 21.5. The Morgan fingerprint density at radius 1 is 1.35 bits per heavy atom. The summed E-state index contributed by atoms with van der Waals surface area (Å²) in [6, 6.07) is 2.01. The molecule has 1 aromatic carbocycles. The summed E-state index contributed by atoms with van der Waals surface area (Å²) in [6.45, 7) is 1.56. The van der Waals surface area contributed by atoms with E-state index in [1.54, 1.807) is 6.92 Å². The van der Waals surface area contributed by atoms with Crippen LogP contribution in [0.2, 0.25) is 0 Å². The molecule has 0 saturated heterocycles. The Bertz CT molecular complexity index is 528. The van der Waals surface area contributed by atoms with Crippen LogP contribution < -0.4 is 5.32 Å². The minimum atomic E-state index is -5.17. The molecule has 2 N–H and O–H groups in total. The monoisotopic (exact) mass is 293 g/mol. The van der Waals surface area contributed by atoms with E-state index in [2.05, 4.69) is 0 Å². The molecule has 0 heterocycles. The van der Waals surface area contributed by atoms with Gasteiger partial charge in [0.2, 0.25) is 0 Å². The number of carboxylic acids is 1. The number of aliphatic carboxylic acids is 1. The summed E-state index contributed by atoms with van der Waals surface area (Å²) in [5, 5.41) is 10.1. The highest BCUT2D eigenvalue weighted by Gasteiger charge is 2.40. The first kappa shape index (κ1) is 15.9. The summed E-state index contributed by atoms with van der Waals surface area (Å²) < 4.78 is 50.2. The maximum absolute atomic E-state index is 13.7. The van der Waals surface area contributed by atoms with E-state index in [0.29, 0.717) is 5.56 Å². The SMILES string of the molecule is Cc1ccc([C@@H](CC(=O)O)NC(=O)C(F)(F)F)c(F)c1. The van der Waals surface area contributed by atoms with Gasteiger partial charge in [-0.3, -0.25) is 9.59 Å². The number of hydrogen-bond donors (Lipinski definition) is 2. The molecule has 0 saturated carbocycles. The van der Waals surface area contributed by atoms with Crippen molar-refractivity contribution in [3.05, 3.63) is 35.1 Å². The number of nitrogens with one attached hydrogen (secondary N) is 1. The molecule has 110 valence electrons. The fourth-order valence-corrected chi connectivity index (χ4v) is 1.57. The van der Waals surface area contributed by atoms with Crippen LogP contribution in [0, 0.1) is 12.7 Å². The van der Waals surface area contributed by atoms with Crippen molar-refractivity contribution >= 4 is 11.9 Å². The molecule has 1 aromatic rings. The molecule has 0 fully saturated rings. The summed E-state index contributed by atoms with van der Waals surface area (Å²) in [5.74, 6) is -4.65. The lowest BCUT2D eigenvalue weighted by molar-refractivity contribution is -0.174. The van der Waals surface area contributed by atoms with Crippen LogP contribution in [0.1, 0.15) is 23.6 Å². The summed E-state index contributed by atoms with van der Waals surface area (Å²) in [5.41, 5.74) is 0.207. The van der Waals surface area contributed by atoms with Gasteiger partial charge in [0.25, 0.3) is 0 Å². The van der Waals surface area contributed by atoms with E-state index in [9.17, 15) is 27.2 Å². The van der Waals surface area contributed by atoms with Gasteiger partial charge in [0.05, 0.1) is 12.5 Å². The number of benzene rings is 1. The van der Waals surface area contributed by atoms with Gasteiger partial charge in [-0.05, 0) is 18.6 Å². The van der Waals surface area contributed by atoms with Crippen LogP contribution in [-0.4, -0.2) is 23.2 Å². The minimum absolute atomic E-state index is 0.310. The van der Waals surface area contributed by atoms with Gasteiger partial charge in [-0.25, -0.2) is 4.39 Å². The predicted molar refractivity (Wildman–Crippen MR) is 60.3 cm³/mol. The first-order valence-electron chi connectivity index (χ1n) is 5.46. The molecule has 20 heavy (non-hydrogen) atoms. The van der Waals surface area contributed by atoms with Crippen molar-refractivity contribution in [1.29, 1.82) is 0 Å². The number of amides is 1. The van der Waals surface area contributed by atoms with Crippen LogP contribution in [0.3, 0.4) is 0 Å². The van der Waals surface area contributed by atoms with Crippen molar-refractivity contribution in [2.24, 2.45) is 0 Å². The Morgan fingerprint density at radius 3 is 2.40 bits per heavy atom. The van der Waals surface area contributed by atoms with Crippen LogP contribution in [0.4, 0.5) is 17.6 Å². The molecule has 1 atom stereocenters. The predicted octanol–water partition coefficient (Wildman–Crippen LogP) is 2.33. The van der Waals surface area contributed by atoms with Gasteiger partial charge in [0.1, 0.15) is 5.82 Å². The lowest BCUT2D eigenvalue weighted by Crippen LogP contribution is -2.40. The summed E-state index contributed by atoms with van der Waals surface area (Å²) in [6.07, 6.45) is -6.03. The van der Waals surface area contributed by atoms with Crippen molar-refractivity contribution in [1.82, 2.24) is 5.32 Å². The first-order valence-corrected chi connectivity index (χ1v) is 5.46. The van der Waals surface area contributed by atoms with Gasteiger partial charge >= 0.3 is 18.1 Å². The van der Waals surface area contributed by atoms with E-state index in [1.807, 2.05) is 0 Å². The van der Waals surface area contributed by atoms with Gasteiger partial charge < -0.3 is 10.4 Å². The number of carbonyl (C=O) groups excluding carboxylic acids is 1. The molecule has 0 bridgehead atoms. The molecule has 4 nitrogen and oxygen atoms in total. The fraction of sp³-hybridized carbons (Fsp3) is 0.333. The van der Waals surface area contributed by atoms with Gasteiger partial charge in [-0.2, -0.15) is 13.2 Å². The zero-order valence-corrected chi connectivity index (χ0v) is 10.3. The van der Waals surface area contributed by atoms with Crippen LogP contribution >= 0.6 is 0 Å². The topological polar surface area (TPSA) is 66.4 Å². The molecule has 0 unspecified atom stereocenters. The van der Waals surface area contributed by atoms with E-state index in [1.165, 1.54) is 11.4 Å². The fourth-order valence-electron chi connectivity index (χ4n) is 1.57. The van der Waals surface area contributed by atoms with Gasteiger partial charge in [0, 0.05) is 5.56 Å². The van der Waals surface area contributed by atoms with Gasteiger partial charge in [0.15, 0.2) is 0 Å². The van der Waals surface area contributed by atoms with E-state index in [4.69, 9.17) is 5.11 Å². The average molecular weight is 293 g/mol. The highest BCUT2D eigenvalue weighted by Crippen LogP contribution is 2.24. The molecule has 8 heteroatoms. The molecule has 1 rings (SSSR count). The Morgan fingerprint density at radius 2 is 1.95 bits per heavy atom. The molecule has 0 aliphatic rings. The quantitative estimate of drug-likeness (QED) is 0.837. The third-order valence-electron chi connectivity index (χ3n) is 2.47. The maximum Gasteiger partial charge on any atom is 0.471 e. The lowest BCUT2D eigenvalue weighted by atomic mass is 10.0. The highest BCUT2D eigenvalue weighted by molar-refractivity contribution is 5.82. The second kappa shape index (κ2) is 5.89. The molecule has 1 amide bonds.